The Bertz CT molecular complexity index is 426. The molecule has 1 aromatic rings. The zero-order valence-corrected chi connectivity index (χ0v) is 11.1. The van der Waals surface area contributed by atoms with Crippen LogP contribution in [0.2, 0.25) is 0 Å². The van der Waals surface area contributed by atoms with Gasteiger partial charge in [-0.25, -0.2) is 5.84 Å². The SMILES string of the molecule is NNc1nc(NCC2CC2)nc(N2CCCCC2)n1. The summed E-state index contributed by atoms with van der Waals surface area (Å²) in [4.78, 5) is 15.3. The predicted octanol–water partition coefficient (Wildman–Crippen LogP) is 0.969. The Morgan fingerprint density at radius 2 is 1.79 bits per heavy atom. The molecule has 1 aliphatic heterocycles. The Hall–Kier alpha value is -1.63. The fourth-order valence-corrected chi connectivity index (χ4v) is 2.30. The van der Waals surface area contributed by atoms with Crippen molar-refractivity contribution in [2.45, 2.75) is 32.1 Å². The molecule has 2 aliphatic rings. The number of hydrogen-bond donors (Lipinski definition) is 3. The Kier molecular flexibility index (Phi) is 3.63. The molecule has 2 fully saturated rings. The molecule has 1 aliphatic carbocycles. The van der Waals surface area contributed by atoms with Gasteiger partial charge in [0.05, 0.1) is 0 Å². The molecule has 0 amide bonds. The average molecular weight is 263 g/mol. The van der Waals surface area contributed by atoms with Crippen LogP contribution in [0.1, 0.15) is 32.1 Å². The Labute approximate surface area is 113 Å². The van der Waals surface area contributed by atoms with Gasteiger partial charge in [-0.3, -0.25) is 5.43 Å². The second-order valence-corrected chi connectivity index (χ2v) is 5.30. The molecule has 19 heavy (non-hydrogen) atoms. The van der Waals surface area contributed by atoms with Crippen LogP contribution >= 0.6 is 0 Å². The Morgan fingerprint density at radius 1 is 1.05 bits per heavy atom. The standard InChI is InChI=1S/C12H21N7/c13-18-11-15-10(14-8-9-4-5-9)16-12(17-11)19-6-2-1-3-7-19/h9H,1-8,13H2,(H2,14,15,16,17,18). The van der Waals surface area contributed by atoms with E-state index in [0.717, 1.165) is 31.5 Å². The van der Waals surface area contributed by atoms with Crippen molar-refractivity contribution >= 4 is 17.8 Å². The number of nitrogen functional groups attached to an aromatic ring is 1. The number of piperidine rings is 1. The first-order valence-corrected chi connectivity index (χ1v) is 7.06. The van der Waals surface area contributed by atoms with E-state index < -0.39 is 0 Å². The summed E-state index contributed by atoms with van der Waals surface area (Å²) < 4.78 is 0. The molecule has 1 aromatic heterocycles. The summed E-state index contributed by atoms with van der Waals surface area (Å²) in [7, 11) is 0. The first-order valence-electron chi connectivity index (χ1n) is 7.06. The van der Waals surface area contributed by atoms with Crippen LogP contribution in [0.3, 0.4) is 0 Å². The minimum atomic E-state index is 0.425. The third-order valence-electron chi connectivity index (χ3n) is 3.64. The lowest BCUT2D eigenvalue weighted by molar-refractivity contribution is 0.567. The van der Waals surface area contributed by atoms with E-state index in [4.69, 9.17) is 5.84 Å². The molecule has 0 unspecified atom stereocenters. The van der Waals surface area contributed by atoms with Crippen molar-refractivity contribution < 1.29 is 0 Å². The summed E-state index contributed by atoms with van der Waals surface area (Å²) in [5, 5.41) is 3.28. The van der Waals surface area contributed by atoms with Crippen molar-refractivity contribution in [1.82, 2.24) is 15.0 Å². The molecule has 104 valence electrons. The molecule has 1 saturated carbocycles. The maximum atomic E-state index is 5.44. The summed E-state index contributed by atoms with van der Waals surface area (Å²) in [6.45, 7) is 2.96. The summed E-state index contributed by atoms with van der Waals surface area (Å²) >= 11 is 0. The molecular weight excluding hydrogens is 242 g/mol. The fraction of sp³-hybridized carbons (Fsp3) is 0.750. The number of nitrogens with one attached hydrogen (secondary N) is 2. The van der Waals surface area contributed by atoms with Gasteiger partial charge < -0.3 is 10.2 Å². The van der Waals surface area contributed by atoms with E-state index in [1.807, 2.05) is 0 Å². The van der Waals surface area contributed by atoms with Crippen LogP contribution < -0.4 is 21.5 Å². The molecule has 2 heterocycles. The van der Waals surface area contributed by atoms with Crippen molar-refractivity contribution in [2.75, 3.05) is 35.3 Å². The quantitative estimate of drug-likeness (QED) is 0.538. The monoisotopic (exact) mass is 263 g/mol. The largest absolute Gasteiger partial charge is 0.354 e. The van der Waals surface area contributed by atoms with Crippen LogP contribution in [0.25, 0.3) is 0 Å². The maximum absolute atomic E-state index is 5.44. The van der Waals surface area contributed by atoms with Gasteiger partial charge in [-0.05, 0) is 38.0 Å². The number of nitrogens with two attached hydrogens (primary N) is 1. The highest BCUT2D eigenvalue weighted by molar-refractivity contribution is 5.43. The molecule has 0 spiro atoms. The van der Waals surface area contributed by atoms with Crippen LogP contribution in [-0.4, -0.2) is 34.6 Å². The maximum Gasteiger partial charge on any atom is 0.243 e. The highest BCUT2D eigenvalue weighted by atomic mass is 15.4. The molecule has 0 radical (unpaired) electrons. The smallest absolute Gasteiger partial charge is 0.243 e. The third-order valence-corrected chi connectivity index (χ3v) is 3.64. The molecule has 7 nitrogen and oxygen atoms in total. The first kappa shape index (κ1) is 12.4. The van der Waals surface area contributed by atoms with Gasteiger partial charge in [-0.15, -0.1) is 0 Å². The van der Waals surface area contributed by atoms with E-state index in [0.29, 0.717) is 11.9 Å². The van der Waals surface area contributed by atoms with Gasteiger partial charge in [0, 0.05) is 19.6 Å². The van der Waals surface area contributed by atoms with Crippen molar-refractivity contribution in [3.63, 3.8) is 0 Å². The lowest BCUT2D eigenvalue weighted by atomic mass is 10.1. The van der Waals surface area contributed by atoms with E-state index >= 15 is 0 Å². The zero-order chi connectivity index (χ0) is 13.1. The number of nitrogens with zero attached hydrogens (tertiary/aromatic N) is 4. The number of hydrogen-bond acceptors (Lipinski definition) is 7. The zero-order valence-electron chi connectivity index (χ0n) is 11.1. The van der Waals surface area contributed by atoms with Crippen molar-refractivity contribution in [3.8, 4) is 0 Å². The molecule has 7 heteroatoms. The minimum absolute atomic E-state index is 0.425. The first-order chi connectivity index (χ1) is 9.35. The van der Waals surface area contributed by atoms with Crippen molar-refractivity contribution in [2.24, 2.45) is 11.8 Å². The van der Waals surface area contributed by atoms with Gasteiger partial charge >= 0.3 is 0 Å². The normalized spacial score (nSPS) is 19.3. The molecule has 1 saturated heterocycles. The van der Waals surface area contributed by atoms with E-state index in [-0.39, 0.29) is 0 Å². The van der Waals surface area contributed by atoms with Crippen LogP contribution in [-0.2, 0) is 0 Å². The molecule has 0 bridgehead atoms. The van der Waals surface area contributed by atoms with Gasteiger partial charge in [0.2, 0.25) is 17.8 Å². The van der Waals surface area contributed by atoms with E-state index in [1.165, 1.54) is 32.1 Å². The Morgan fingerprint density at radius 3 is 2.47 bits per heavy atom. The number of rotatable bonds is 5. The van der Waals surface area contributed by atoms with Crippen LogP contribution in [0, 0.1) is 5.92 Å². The van der Waals surface area contributed by atoms with Gasteiger partial charge in [0.25, 0.3) is 0 Å². The van der Waals surface area contributed by atoms with Crippen molar-refractivity contribution in [3.05, 3.63) is 0 Å². The molecule has 3 rings (SSSR count). The van der Waals surface area contributed by atoms with Gasteiger partial charge in [-0.2, -0.15) is 15.0 Å². The average Bonchev–Trinajstić information content (AvgIpc) is 3.30. The molecular formula is C12H21N7. The topological polar surface area (TPSA) is 92.0 Å². The summed E-state index contributed by atoms with van der Waals surface area (Å²) in [6, 6.07) is 0. The highest BCUT2D eigenvalue weighted by Gasteiger charge is 2.22. The number of aromatic nitrogens is 3. The van der Waals surface area contributed by atoms with Crippen molar-refractivity contribution in [1.29, 1.82) is 0 Å². The number of anilines is 3. The summed E-state index contributed by atoms with van der Waals surface area (Å²) in [5.41, 5.74) is 2.52. The minimum Gasteiger partial charge on any atom is -0.354 e. The van der Waals surface area contributed by atoms with E-state index in [1.54, 1.807) is 0 Å². The van der Waals surface area contributed by atoms with E-state index in [9.17, 15) is 0 Å². The van der Waals surface area contributed by atoms with Gasteiger partial charge in [-0.1, -0.05) is 0 Å². The van der Waals surface area contributed by atoms with Gasteiger partial charge in [0.15, 0.2) is 0 Å². The second-order valence-electron chi connectivity index (χ2n) is 5.30. The van der Waals surface area contributed by atoms with Gasteiger partial charge in [0.1, 0.15) is 0 Å². The van der Waals surface area contributed by atoms with E-state index in [2.05, 4.69) is 30.6 Å². The second kappa shape index (κ2) is 5.56. The van der Waals surface area contributed by atoms with Crippen LogP contribution in [0.4, 0.5) is 17.8 Å². The lowest BCUT2D eigenvalue weighted by Crippen LogP contribution is -2.31. The number of hydrazine groups is 1. The predicted molar refractivity (Wildman–Crippen MR) is 74.9 cm³/mol. The van der Waals surface area contributed by atoms with Crippen LogP contribution in [0.5, 0.6) is 0 Å². The summed E-state index contributed by atoms with van der Waals surface area (Å²) in [6.07, 6.45) is 6.29. The molecule has 0 atom stereocenters. The Balaban J connectivity index is 1.74. The highest BCUT2D eigenvalue weighted by Crippen LogP contribution is 2.28. The summed E-state index contributed by atoms with van der Waals surface area (Å²) in [5.74, 6) is 7.99. The lowest BCUT2D eigenvalue weighted by Gasteiger charge is -2.26. The third kappa shape index (κ3) is 3.23. The molecule has 4 N–H and O–H groups in total. The van der Waals surface area contributed by atoms with Crippen LogP contribution in [0.15, 0.2) is 0 Å². The molecule has 0 aromatic carbocycles. The fourth-order valence-electron chi connectivity index (χ4n) is 2.30.